The smallest absolute Gasteiger partial charge is 0.243 e. The van der Waals surface area contributed by atoms with E-state index in [1.54, 1.807) is 19.2 Å². The van der Waals surface area contributed by atoms with Crippen molar-refractivity contribution < 1.29 is 9.18 Å². The largest absolute Gasteiger partial charge is 0.356 e. The molecule has 0 saturated carbocycles. The number of aliphatic imine (C=N–C) groups is 1. The van der Waals surface area contributed by atoms with E-state index in [-0.39, 0.29) is 42.2 Å². The number of hydrogen-bond acceptors (Lipinski definition) is 2. The van der Waals surface area contributed by atoms with Crippen molar-refractivity contribution in [1.29, 1.82) is 0 Å². The fraction of sp³-hybridized carbons (Fsp3) is 0.263. The van der Waals surface area contributed by atoms with E-state index < -0.39 is 0 Å². The van der Waals surface area contributed by atoms with Crippen LogP contribution in [0.1, 0.15) is 11.1 Å². The molecule has 0 aromatic heterocycles. The van der Waals surface area contributed by atoms with Crippen molar-refractivity contribution in [2.24, 2.45) is 4.99 Å². The van der Waals surface area contributed by atoms with Gasteiger partial charge in [-0.15, -0.1) is 24.0 Å². The molecule has 0 bridgehead atoms. The Morgan fingerprint density at radius 3 is 2.52 bits per heavy atom. The lowest BCUT2D eigenvalue weighted by Crippen LogP contribution is -2.42. The molecule has 146 valence electrons. The van der Waals surface area contributed by atoms with Crippen LogP contribution in [0.3, 0.4) is 0 Å². The lowest BCUT2D eigenvalue weighted by Gasteiger charge is -2.13. The van der Waals surface area contributed by atoms with Gasteiger partial charge in [-0.3, -0.25) is 9.79 Å². The van der Waals surface area contributed by atoms with Crippen molar-refractivity contribution in [3.05, 3.63) is 63.9 Å². The molecule has 0 atom stereocenters. The molecule has 0 unspecified atom stereocenters. The van der Waals surface area contributed by atoms with Crippen molar-refractivity contribution in [2.75, 3.05) is 25.5 Å². The highest BCUT2D eigenvalue weighted by atomic mass is 127. The van der Waals surface area contributed by atoms with Crippen molar-refractivity contribution in [3.63, 3.8) is 0 Å². The molecule has 8 heteroatoms. The summed E-state index contributed by atoms with van der Waals surface area (Å²) in [6.45, 7) is 2.66. The highest BCUT2D eigenvalue weighted by Crippen LogP contribution is 2.20. The van der Waals surface area contributed by atoms with Gasteiger partial charge in [-0.25, -0.2) is 4.39 Å². The minimum atomic E-state index is -0.245. The Hall–Kier alpha value is -1.68. The molecular weight excluding hydrogens is 526 g/mol. The topological polar surface area (TPSA) is 65.5 Å². The van der Waals surface area contributed by atoms with Gasteiger partial charge < -0.3 is 16.0 Å². The van der Waals surface area contributed by atoms with Gasteiger partial charge in [0.25, 0.3) is 0 Å². The van der Waals surface area contributed by atoms with Crippen molar-refractivity contribution in [1.82, 2.24) is 10.6 Å². The van der Waals surface area contributed by atoms with E-state index in [4.69, 9.17) is 0 Å². The highest BCUT2D eigenvalue weighted by molar-refractivity contribution is 14.0. The van der Waals surface area contributed by atoms with Gasteiger partial charge in [0.05, 0.1) is 6.54 Å². The third-order valence-corrected chi connectivity index (χ3v) is 4.23. The van der Waals surface area contributed by atoms with Crippen LogP contribution in [-0.2, 0) is 11.2 Å². The summed E-state index contributed by atoms with van der Waals surface area (Å²) in [7, 11) is 1.64. The number of amides is 1. The molecule has 0 heterocycles. The lowest BCUT2D eigenvalue weighted by molar-refractivity contribution is -0.115. The normalized spacial score (nSPS) is 10.7. The number of carbonyl (C=O) groups excluding carboxylic acids is 1. The summed E-state index contributed by atoms with van der Waals surface area (Å²) in [5, 5.41) is 8.97. The maximum absolute atomic E-state index is 12.9. The van der Waals surface area contributed by atoms with Crippen LogP contribution in [0.2, 0.25) is 0 Å². The van der Waals surface area contributed by atoms with Gasteiger partial charge in [0.2, 0.25) is 5.91 Å². The fourth-order valence-electron chi connectivity index (χ4n) is 2.28. The van der Waals surface area contributed by atoms with E-state index in [9.17, 15) is 9.18 Å². The fourth-order valence-corrected chi connectivity index (χ4v) is 2.65. The summed E-state index contributed by atoms with van der Waals surface area (Å²) >= 11 is 3.39. The average molecular weight is 549 g/mol. The Labute approximate surface area is 184 Å². The summed E-state index contributed by atoms with van der Waals surface area (Å²) in [6.07, 6.45) is 0.727. The van der Waals surface area contributed by atoms with Crippen LogP contribution < -0.4 is 16.0 Å². The van der Waals surface area contributed by atoms with Gasteiger partial charge in [-0.05, 0) is 48.7 Å². The molecule has 0 spiro atoms. The molecule has 27 heavy (non-hydrogen) atoms. The van der Waals surface area contributed by atoms with Crippen LogP contribution in [0, 0.1) is 12.7 Å². The number of nitrogens with zero attached hydrogens (tertiary/aromatic N) is 1. The molecule has 2 rings (SSSR count). The number of nitrogens with one attached hydrogen (secondary N) is 3. The van der Waals surface area contributed by atoms with Crippen LogP contribution in [0.4, 0.5) is 10.1 Å². The highest BCUT2D eigenvalue weighted by Gasteiger charge is 2.07. The molecule has 0 aliphatic carbocycles. The Kier molecular flexibility index (Phi) is 10.3. The first kappa shape index (κ1) is 23.4. The predicted octanol–water partition coefficient (Wildman–Crippen LogP) is 3.86. The van der Waals surface area contributed by atoms with Crippen LogP contribution in [0.15, 0.2) is 51.9 Å². The van der Waals surface area contributed by atoms with Gasteiger partial charge in [0, 0.05) is 23.8 Å². The summed E-state index contributed by atoms with van der Waals surface area (Å²) in [4.78, 5) is 16.2. The maximum Gasteiger partial charge on any atom is 0.243 e. The molecule has 0 fully saturated rings. The summed E-state index contributed by atoms with van der Waals surface area (Å²) < 4.78 is 13.8. The number of aryl methyl sites for hydroxylation is 1. The number of hydrogen-bond donors (Lipinski definition) is 3. The molecule has 1 amide bonds. The van der Waals surface area contributed by atoms with Gasteiger partial charge in [0.15, 0.2) is 5.96 Å². The molecular formula is C19H23BrFIN4O. The number of benzene rings is 2. The minimum Gasteiger partial charge on any atom is -0.356 e. The second kappa shape index (κ2) is 11.9. The second-order valence-electron chi connectivity index (χ2n) is 5.74. The zero-order chi connectivity index (χ0) is 18.9. The quantitative estimate of drug-likeness (QED) is 0.292. The zero-order valence-electron chi connectivity index (χ0n) is 15.2. The molecule has 0 radical (unpaired) electrons. The van der Waals surface area contributed by atoms with Gasteiger partial charge in [-0.1, -0.05) is 34.1 Å². The summed E-state index contributed by atoms with van der Waals surface area (Å²) in [6, 6.07) is 12.1. The Morgan fingerprint density at radius 2 is 1.85 bits per heavy atom. The lowest BCUT2D eigenvalue weighted by atomic mass is 10.1. The average Bonchev–Trinajstić information content (AvgIpc) is 2.62. The van der Waals surface area contributed by atoms with E-state index in [0.29, 0.717) is 12.5 Å². The third-order valence-electron chi connectivity index (χ3n) is 3.73. The molecule has 0 aliphatic heterocycles. The number of guanidine groups is 1. The van der Waals surface area contributed by atoms with Crippen molar-refractivity contribution >= 4 is 57.5 Å². The van der Waals surface area contributed by atoms with E-state index in [2.05, 4.69) is 36.9 Å². The molecule has 0 saturated heterocycles. The first-order chi connectivity index (χ1) is 12.5. The van der Waals surface area contributed by atoms with E-state index in [0.717, 1.165) is 27.7 Å². The number of carbonyl (C=O) groups is 1. The molecule has 5 nitrogen and oxygen atoms in total. The Balaban J connectivity index is 0.00000364. The van der Waals surface area contributed by atoms with Crippen LogP contribution >= 0.6 is 39.9 Å². The number of rotatable bonds is 6. The number of halogens is 3. The first-order valence-electron chi connectivity index (χ1n) is 8.23. The monoisotopic (exact) mass is 548 g/mol. The van der Waals surface area contributed by atoms with Crippen LogP contribution in [0.5, 0.6) is 0 Å². The maximum atomic E-state index is 12.9. The zero-order valence-corrected chi connectivity index (χ0v) is 19.1. The summed E-state index contributed by atoms with van der Waals surface area (Å²) in [5.74, 6) is 0.131. The third kappa shape index (κ3) is 8.25. The van der Waals surface area contributed by atoms with Crippen LogP contribution in [0.25, 0.3) is 0 Å². The SMILES string of the molecule is CN=C(NCCc1ccc(F)cc1)NCC(=O)Nc1cc(Br)ccc1C.I. The van der Waals surface area contributed by atoms with Crippen molar-refractivity contribution in [2.45, 2.75) is 13.3 Å². The number of anilines is 1. The summed E-state index contributed by atoms with van der Waals surface area (Å²) in [5.41, 5.74) is 2.78. The molecule has 0 aliphatic rings. The van der Waals surface area contributed by atoms with Crippen LogP contribution in [-0.4, -0.2) is 32.0 Å². The molecule has 2 aromatic carbocycles. The Morgan fingerprint density at radius 1 is 1.15 bits per heavy atom. The van der Waals surface area contributed by atoms with Gasteiger partial charge in [0.1, 0.15) is 5.82 Å². The molecule has 3 N–H and O–H groups in total. The molecule has 2 aromatic rings. The minimum absolute atomic E-state index is 0. The van der Waals surface area contributed by atoms with Crippen molar-refractivity contribution in [3.8, 4) is 0 Å². The van der Waals surface area contributed by atoms with Gasteiger partial charge in [-0.2, -0.15) is 0 Å². The standard InChI is InChI=1S/C19H22BrFN4O.HI/c1-13-3-6-15(20)11-17(13)25-18(26)12-24-19(22-2)23-10-9-14-4-7-16(21)8-5-14;/h3-8,11H,9-10,12H2,1-2H3,(H,25,26)(H2,22,23,24);1H. The first-order valence-corrected chi connectivity index (χ1v) is 9.02. The van der Waals surface area contributed by atoms with Gasteiger partial charge >= 0.3 is 0 Å². The van der Waals surface area contributed by atoms with E-state index >= 15 is 0 Å². The second-order valence-corrected chi connectivity index (χ2v) is 6.65. The van der Waals surface area contributed by atoms with E-state index in [1.807, 2.05) is 25.1 Å². The van der Waals surface area contributed by atoms with E-state index in [1.165, 1.54) is 12.1 Å². The Bertz CT molecular complexity index is 784. The predicted molar refractivity (Wildman–Crippen MR) is 122 cm³/mol.